The zero-order chi connectivity index (χ0) is 18.4. The third kappa shape index (κ3) is 4.85. The van der Waals surface area contributed by atoms with Crippen LogP contribution in [0.4, 0.5) is 5.69 Å². The van der Waals surface area contributed by atoms with Crippen molar-refractivity contribution in [2.75, 3.05) is 18.4 Å². The summed E-state index contributed by atoms with van der Waals surface area (Å²) in [6.07, 6.45) is 0. The quantitative estimate of drug-likeness (QED) is 0.716. The van der Waals surface area contributed by atoms with Crippen LogP contribution in [0.5, 0.6) is 5.75 Å². The number of sulfonamides is 1. The van der Waals surface area contributed by atoms with Gasteiger partial charge in [0, 0.05) is 11.3 Å². The predicted molar refractivity (Wildman–Crippen MR) is 94.3 cm³/mol. The molecule has 0 aliphatic carbocycles. The average molecular weight is 385 g/mol. The summed E-state index contributed by atoms with van der Waals surface area (Å²) in [4.78, 5) is 16.1. The number of carbonyl (C=O) groups excluding carboxylic acids is 1. The number of ether oxygens (including phenoxy) is 1. The van der Waals surface area contributed by atoms with Crippen molar-refractivity contribution in [2.24, 2.45) is 0 Å². The van der Waals surface area contributed by atoms with Gasteiger partial charge < -0.3 is 4.74 Å². The Bertz CT molecular complexity index is 853. The van der Waals surface area contributed by atoms with E-state index in [4.69, 9.17) is 16.3 Å². The molecule has 0 spiro atoms. The van der Waals surface area contributed by atoms with E-state index in [2.05, 4.69) is 15.0 Å². The van der Waals surface area contributed by atoms with Crippen molar-refractivity contribution in [3.05, 3.63) is 53.1 Å². The normalized spacial score (nSPS) is 11.0. The van der Waals surface area contributed by atoms with E-state index in [0.717, 1.165) is 0 Å². The van der Waals surface area contributed by atoms with Crippen LogP contribution < -0.4 is 14.9 Å². The second-order valence-corrected chi connectivity index (χ2v) is 6.90. The van der Waals surface area contributed by atoms with Crippen molar-refractivity contribution in [3.63, 3.8) is 0 Å². The number of anilines is 1. The topological polar surface area (TPSA) is 93.7 Å². The Balaban J connectivity index is 2.29. The number of carbonyl (C=O) groups is 1. The van der Waals surface area contributed by atoms with Crippen LogP contribution in [0, 0.1) is 0 Å². The molecule has 7 nitrogen and oxygen atoms in total. The molecule has 0 heterocycles. The van der Waals surface area contributed by atoms with Gasteiger partial charge in [-0.15, -0.1) is 0 Å². The maximum absolute atomic E-state index is 12.6. The van der Waals surface area contributed by atoms with E-state index in [1.165, 1.54) is 25.3 Å². The summed E-state index contributed by atoms with van der Waals surface area (Å²) in [5.41, 5.74) is 2.55. The third-order valence-electron chi connectivity index (χ3n) is 3.10. The van der Waals surface area contributed by atoms with E-state index in [1.807, 2.05) is 6.92 Å². The summed E-state index contributed by atoms with van der Waals surface area (Å²) >= 11 is 5.99. The molecule has 9 heteroatoms. The van der Waals surface area contributed by atoms with Gasteiger partial charge in [-0.2, -0.15) is 0 Å². The fraction of sp³-hybridized carbons (Fsp3) is 0.188. The molecular formula is C16H17ClN2O5S. The van der Waals surface area contributed by atoms with E-state index in [0.29, 0.717) is 18.0 Å². The SMILES string of the molecule is CCOc1ccc(NS(=O)(=O)c2cc(C(=O)NOC)ccc2Cl)cc1. The van der Waals surface area contributed by atoms with Gasteiger partial charge in [-0.3, -0.25) is 14.4 Å². The smallest absolute Gasteiger partial charge is 0.274 e. The highest BCUT2D eigenvalue weighted by Crippen LogP contribution is 2.26. The van der Waals surface area contributed by atoms with Crippen LogP contribution in [0.3, 0.4) is 0 Å². The Kier molecular flexibility index (Phi) is 6.24. The molecule has 0 aliphatic rings. The number of nitrogens with one attached hydrogen (secondary N) is 2. The lowest BCUT2D eigenvalue weighted by atomic mass is 10.2. The van der Waals surface area contributed by atoms with Crippen LogP contribution in [0.1, 0.15) is 17.3 Å². The minimum atomic E-state index is -3.98. The summed E-state index contributed by atoms with van der Waals surface area (Å²) in [6.45, 7) is 2.36. The third-order valence-corrected chi connectivity index (χ3v) is 4.96. The number of rotatable bonds is 7. The minimum Gasteiger partial charge on any atom is -0.494 e. The number of halogens is 1. The van der Waals surface area contributed by atoms with Crippen molar-refractivity contribution in [3.8, 4) is 5.75 Å². The number of hydroxylamine groups is 1. The molecule has 0 unspecified atom stereocenters. The highest BCUT2D eigenvalue weighted by molar-refractivity contribution is 7.92. The highest BCUT2D eigenvalue weighted by Gasteiger charge is 2.20. The minimum absolute atomic E-state index is 0.00703. The lowest BCUT2D eigenvalue weighted by Gasteiger charge is -2.11. The molecule has 2 rings (SSSR count). The first-order valence-corrected chi connectivity index (χ1v) is 9.12. The summed E-state index contributed by atoms with van der Waals surface area (Å²) < 4.78 is 32.9. The molecule has 0 atom stereocenters. The fourth-order valence-corrected chi connectivity index (χ4v) is 3.58. The van der Waals surface area contributed by atoms with Crippen LogP contribution in [0.25, 0.3) is 0 Å². The summed E-state index contributed by atoms with van der Waals surface area (Å²) in [6, 6.07) is 10.3. The van der Waals surface area contributed by atoms with Gasteiger partial charge in [-0.25, -0.2) is 13.9 Å². The second-order valence-electron chi connectivity index (χ2n) is 4.84. The molecule has 1 amide bonds. The summed E-state index contributed by atoms with van der Waals surface area (Å²) in [5.74, 6) is 0.0402. The van der Waals surface area contributed by atoms with Crippen LogP contribution in [-0.2, 0) is 14.9 Å². The van der Waals surface area contributed by atoms with Gasteiger partial charge in [0.05, 0.1) is 18.7 Å². The van der Waals surface area contributed by atoms with Crippen molar-refractivity contribution < 1.29 is 22.8 Å². The van der Waals surface area contributed by atoms with Crippen LogP contribution >= 0.6 is 11.6 Å². The highest BCUT2D eigenvalue weighted by atomic mass is 35.5. The zero-order valence-electron chi connectivity index (χ0n) is 13.6. The number of amides is 1. The molecule has 0 aliphatic heterocycles. The zero-order valence-corrected chi connectivity index (χ0v) is 15.1. The number of benzene rings is 2. The van der Waals surface area contributed by atoms with Gasteiger partial charge in [-0.1, -0.05) is 11.6 Å². The van der Waals surface area contributed by atoms with Gasteiger partial charge in [-0.05, 0) is 49.4 Å². The maximum atomic E-state index is 12.6. The molecule has 2 N–H and O–H groups in total. The van der Waals surface area contributed by atoms with Crippen molar-refractivity contribution >= 4 is 33.2 Å². The monoisotopic (exact) mass is 384 g/mol. The first-order chi connectivity index (χ1) is 11.9. The van der Waals surface area contributed by atoms with E-state index < -0.39 is 15.9 Å². The van der Waals surface area contributed by atoms with Crippen LogP contribution in [0.15, 0.2) is 47.4 Å². The molecule has 0 fully saturated rings. The Morgan fingerprint density at radius 2 is 1.84 bits per heavy atom. The largest absolute Gasteiger partial charge is 0.494 e. The standard InChI is InChI=1S/C16H17ClN2O5S/c1-3-24-13-7-5-12(6-8-13)19-25(21,22)15-10-11(4-9-14(15)17)16(20)18-23-2/h4-10,19H,3H2,1-2H3,(H,18,20). The predicted octanol–water partition coefficient (Wildman–Crippen LogP) is 2.83. The Labute approximate surface area is 150 Å². The lowest BCUT2D eigenvalue weighted by molar-refractivity contribution is 0.0537. The van der Waals surface area contributed by atoms with Gasteiger partial charge in [0.2, 0.25) is 0 Å². The van der Waals surface area contributed by atoms with Crippen molar-refractivity contribution in [2.45, 2.75) is 11.8 Å². The molecule has 2 aromatic rings. The average Bonchev–Trinajstić information content (AvgIpc) is 2.57. The Hall–Kier alpha value is -2.29. The summed E-state index contributed by atoms with van der Waals surface area (Å²) in [5, 5.41) is -0.00703. The van der Waals surface area contributed by atoms with Gasteiger partial charge in [0.15, 0.2) is 0 Å². The fourth-order valence-electron chi connectivity index (χ4n) is 2.00. The van der Waals surface area contributed by atoms with Crippen molar-refractivity contribution in [1.29, 1.82) is 0 Å². The molecule has 25 heavy (non-hydrogen) atoms. The van der Waals surface area contributed by atoms with Gasteiger partial charge in [0.1, 0.15) is 10.6 Å². The van der Waals surface area contributed by atoms with Crippen LogP contribution in [0.2, 0.25) is 5.02 Å². The van der Waals surface area contributed by atoms with E-state index in [1.54, 1.807) is 24.3 Å². The number of hydrogen-bond acceptors (Lipinski definition) is 5. The Morgan fingerprint density at radius 3 is 2.44 bits per heavy atom. The molecule has 0 bridgehead atoms. The van der Waals surface area contributed by atoms with E-state index in [-0.39, 0.29) is 15.5 Å². The molecule has 2 aromatic carbocycles. The Morgan fingerprint density at radius 1 is 1.16 bits per heavy atom. The summed E-state index contributed by atoms with van der Waals surface area (Å²) in [7, 11) is -2.71. The molecule has 134 valence electrons. The molecule has 0 saturated carbocycles. The number of hydrogen-bond donors (Lipinski definition) is 2. The maximum Gasteiger partial charge on any atom is 0.274 e. The first kappa shape index (κ1) is 19.0. The van der Waals surface area contributed by atoms with Crippen LogP contribution in [-0.4, -0.2) is 28.0 Å². The van der Waals surface area contributed by atoms with E-state index >= 15 is 0 Å². The van der Waals surface area contributed by atoms with Crippen molar-refractivity contribution in [1.82, 2.24) is 5.48 Å². The lowest BCUT2D eigenvalue weighted by Crippen LogP contribution is -2.22. The van der Waals surface area contributed by atoms with Gasteiger partial charge >= 0.3 is 0 Å². The van der Waals surface area contributed by atoms with E-state index in [9.17, 15) is 13.2 Å². The first-order valence-electron chi connectivity index (χ1n) is 7.26. The van der Waals surface area contributed by atoms with Gasteiger partial charge in [0.25, 0.3) is 15.9 Å². The molecule has 0 aromatic heterocycles. The second kappa shape index (κ2) is 8.19. The molecule has 0 saturated heterocycles. The molecule has 0 radical (unpaired) electrons. The molecular weight excluding hydrogens is 368 g/mol.